The van der Waals surface area contributed by atoms with Gasteiger partial charge in [0.25, 0.3) is 0 Å². The average molecular weight is 485 g/mol. The van der Waals surface area contributed by atoms with Gasteiger partial charge in [0.1, 0.15) is 18.2 Å². The van der Waals surface area contributed by atoms with E-state index in [1.165, 1.54) is 0 Å². The van der Waals surface area contributed by atoms with Gasteiger partial charge in [-0.05, 0) is 35.4 Å². The highest BCUT2D eigenvalue weighted by molar-refractivity contribution is 6.30. The monoisotopic (exact) mass is 484 g/mol. The summed E-state index contributed by atoms with van der Waals surface area (Å²) in [6.45, 7) is 0.400. The van der Waals surface area contributed by atoms with Crippen LogP contribution in [0, 0.1) is 11.3 Å². The number of aromatic nitrogens is 2. The van der Waals surface area contributed by atoms with E-state index in [0.29, 0.717) is 40.3 Å². The van der Waals surface area contributed by atoms with Crippen LogP contribution in [0.2, 0.25) is 5.02 Å². The molecule has 0 unspecified atom stereocenters. The highest BCUT2D eigenvalue weighted by Gasteiger charge is 2.36. The Kier molecular flexibility index (Phi) is 6.04. The number of aromatic amines is 1. The van der Waals surface area contributed by atoms with Crippen LogP contribution in [-0.2, 0) is 6.61 Å². The van der Waals surface area contributed by atoms with Crippen LogP contribution in [0.3, 0.4) is 0 Å². The molecule has 8 heteroatoms. The minimum absolute atomic E-state index is 0.0162. The summed E-state index contributed by atoms with van der Waals surface area (Å²) in [5.41, 5.74) is 10.5. The second kappa shape index (κ2) is 9.45. The number of nitrogens with two attached hydrogens (primary N) is 1. The van der Waals surface area contributed by atoms with E-state index in [-0.39, 0.29) is 11.5 Å². The molecule has 4 aromatic rings. The summed E-state index contributed by atoms with van der Waals surface area (Å²) in [7, 11) is 1.58. The van der Waals surface area contributed by atoms with Crippen LogP contribution >= 0.6 is 11.6 Å². The first-order chi connectivity index (χ1) is 17.1. The largest absolute Gasteiger partial charge is 0.493 e. The first kappa shape index (κ1) is 22.4. The van der Waals surface area contributed by atoms with Crippen LogP contribution in [0.25, 0.3) is 11.3 Å². The van der Waals surface area contributed by atoms with Gasteiger partial charge in [-0.1, -0.05) is 60.1 Å². The molecule has 1 aromatic heterocycles. The summed E-state index contributed by atoms with van der Waals surface area (Å²) in [5, 5.41) is 17.9. The zero-order valence-corrected chi connectivity index (χ0v) is 19.5. The third kappa shape index (κ3) is 4.27. The number of methoxy groups -OCH3 is 1. The minimum Gasteiger partial charge on any atom is -0.493 e. The predicted molar refractivity (Wildman–Crippen MR) is 132 cm³/mol. The van der Waals surface area contributed by atoms with E-state index in [1.807, 2.05) is 60.7 Å². The van der Waals surface area contributed by atoms with Crippen LogP contribution in [0.4, 0.5) is 0 Å². The second-order valence-corrected chi connectivity index (χ2v) is 8.37. The Morgan fingerprint density at radius 1 is 1.09 bits per heavy atom. The van der Waals surface area contributed by atoms with Crippen molar-refractivity contribution in [2.24, 2.45) is 5.73 Å². The molecule has 174 valence electrons. The van der Waals surface area contributed by atoms with Gasteiger partial charge in [0.15, 0.2) is 11.5 Å². The van der Waals surface area contributed by atoms with Crippen molar-refractivity contribution in [3.8, 4) is 34.7 Å². The van der Waals surface area contributed by atoms with Crippen molar-refractivity contribution in [2.75, 3.05) is 7.11 Å². The predicted octanol–water partition coefficient (Wildman–Crippen LogP) is 5.54. The average Bonchev–Trinajstić information content (AvgIpc) is 3.30. The normalized spacial score (nSPS) is 14.6. The molecule has 1 aliphatic rings. The molecule has 5 rings (SSSR count). The maximum absolute atomic E-state index is 9.97. The summed E-state index contributed by atoms with van der Waals surface area (Å²) in [4.78, 5) is 0. The van der Waals surface area contributed by atoms with Gasteiger partial charge in [-0.25, -0.2) is 0 Å². The van der Waals surface area contributed by atoms with E-state index < -0.39 is 5.92 Å². The van der Waals surface area contributed by atoms with Crippen LogP contribution in [0.15, 0.2) is 84.3 Å². The van der Waals surface area contributed by atoms with Crippen molar-refractivity contribution in [2.45, 2.75) is 12.5 Å². The molecule has 1 atom stereocenters. The number of hydrogen-bond acceptors (Lipinski definition) is 6. The lowest BCUT2D eigenvalue weighted by Crippen LogP contribution is -2.21. The molecule has 3 aromatic carbocycles. The number of nitrogens with zero attached hydrogens (tertiary/aromatic N) is 2. The Labute approximate surface area is 207 Å². The number of nitriles is 1. The standard InChI is InChI=1S/C27H21ClN4O3/c1-33-22-13-18(9-12-21(22)34-15-16-5-3-2-4-6-16)23-20(14-29)26(30)35-27-24(23)25(31-32-27)17-7-10-19(28)11-8-17/h2-13,23H,15,30H2,1H3,(H,31,32)/t23-/m1/s1. The SMILES string of the molecule is COc1cc([C@@H]2C(C#N)=C(N)Oc3n[nH]c(-c4ccc(Cl)cc4)c32)ccc1OCc1ccccc1. The molecule has 0 saturated heterocycles. The highest BCUT2D eigenvalue weighted by Crippen LogP contribution is 2.47. The molecule has 0 amide bonds. The molecule has 0 spiro atoms. The maximum atomic E-state index is 9.97. The number of benzene rings is 3. The van der Waals surface area contributed by atoms with Crippen molar-refractivity contribution in [3.63, 3.8) is 0 Å². The van der Waals surface area contributed by atoms with Crippen LogP contribution in [0.5, 0.6) is 17.4 Å². The van der Waals surface area contributed by atoms with Gasteiger partial charge in [0.05, 0.1) is 24.3 Å². The van der Waals surface area contributed by atoms with Gasteiger partial charge in [-0.2, -0.15) is 5.26 Å². The number of rotatable bonds is 6. The quantitative estimate of drug-likeness (QED) is 0.372. The number of nitrogens with one attached hydrogen (secondary N) is 1. The number of allylic oxidation sites excluding steroid dienone is 1. The van der Waals surface area contributed by atoms with Crippen molar-refractivity contribution in [3.05, 3.63) is 106 Å². The molecule has 0 bridgehead atoms. The Morgan fingerprint density at radius 2 is 1.86 bits per heavy atom. The topological polar surface area (TPSA) is 106 Å². The Morgan fingerprint density at radius 3 is 2.57 bits per heavy atom. The lowest BCUT2D eigenvalue weighted by Gasteiger charge is -2.25. The Balaban J connectivity index is 1.56. The molecule has 0 aliphatic carbocycles. The fraction of sp³-hybridized carbons (Fsp3) is 0.111. The van der Waals surface area contributed by atoms with Crippen molar-refractivity contribution >= 4 is 11.6 Å². The van der Waals surface area contributed by atoms with Crippen molar-refractivity contribution in [1.29, 1.82) is 5.26 Å². The zero-order chi connectivity index (χ0) is 24.4. The zero-order valence-electron chi connectivity index (χ0n) is 18.8. The van der Waals surface area contributed by atoms with Crippen LogP contribution < -0.4 is 19.9 Å². The summed E-state index contributed by atoms with van der Waals surface area (Å²) in [6, 6.07) is 25.0. The molecule has 7 nitrogen and oxygen atoms in total. The number of fused-ring (bicyclic) bond motifs is 1. The fourth-order valence-corrected chi connectivity index (χ4v) is 4.26. The van der Waals surface area contributed by atoms with Gasteiger partial charge in [0, 0.05) is 10.6 Å². The van der Waals surface area contributed by atoms with Crippen molar-refractivity contribution < 1.29 is 14.2 Å². The Hall–Kier alpha value is -4.41. The molecular weight excluding hydrogens is 464 g/mol. The summed E-state index contributed by atoms with van der Waals surface area (Å²) in [6.07, 6.45) is 0. The van der Waals surface area contributed by atoms with Gasteiger partial charge in [-0.15, -0.1) is 5.10 Å². The Bertz CT molecular complexity index is 1440. The van der Waals surface area contributed by atoms with E-state index >= 15 is 0 Å². The number of H-pyrrole nitrogens is 1. The third-order valence-electron chi connectivity index (χ3n) is 5.83. The third-order valence-corrected chi connectivity index (χ3v) is 6.08. The summed E-state index contributed by atoms with van der Waals surface area (Å²) < 4.78 is 17.3. The maximum Gasteiger partial charge on any atom is 0.244 e. The summed E-state index contributed by atoms with van der Waals surface area (Å²) in [5.74, 6) is 0.944. The van der Waals surface area contributed by atoms with Gasteiger partial charge >= 0.3 is 0 Å². The number of hydrogen-bond donors (Lipinski definition) is 2. The lowest BCUT2D eigenvalue weighted by atomic mass is 9.83. The van der Waals surface area contributed by atoms with E-state index in [4.69, 9.17) is 31.5 Å². The first-order valence-corrected chi connectivity index (χ1v) is 11.2. The molecule has 3 N–H and O–H groups in total. The molecule has 0 radical (unpaired) electrons. The molecular formula is C27H21ClN4O3. The number of ether oxygens (including phenoxy) is 3. The summed E-state index contributed by atoms with van der Waals surface area (Å²) >= 11 is 6.08. The molecule has 0 saturated carbocycles. The second-order valence-electron chi connectivity index (χ2n) is 7.93. The van der Waals surface area contributed by atoms with Crippen LogP contribution in [-0.4, -0.2) is 17.3 Å². The van der Waals surface area contributed by atoms with Crippen molar-refractivity contribution in [1.82, 2.24) is 10.2 Å². The van der Waals surface area contributed by atoms with Gasteiger partial charge in [-0.3, -0.25) is 5.10 Å². The lowest BCUT2D eigenvalue weighted by molar-refractivity contribution is 0.284. The number of halogens is 1. The molecule has 2 heterocycles. The highest BCUT2D eigenvalue weighted by atomic mass is 35.5. The fourth-order valence-electron chi connectivity index (χ4n) is 4.13. The van der Waals surface area contributed by atoms with Gasteiger partial charge < -0.3 is 19.9 Å². The molecule has 1 aliphatic heterocycles. The van der Waals surface area contributed by atoms with E-state index in [2.05, 4.69) is 16.3 Å². The molecule has 0 fully saturated rings. The van der Waals surface area contributed by atoms with E-state index in [1.54, 1.807) is 19.2 Å². The van der Waals surface area contributed by atoms with E-state index in [9.17, 15) is 5.26 Å². The minimum atomic E-state index is -0.523. The smallest absolute Gasteiger partial charge is 0.244 e. The van der Waals surface area contributed by atoms with E-state index in [0.717, 1.165) is 16.7 Å². The first-order valence-electron chi connectivity index (χ1n) is 10.9. The van der Waals surface area contributed by atoms with Gasteiger partial charge in [0.2, 0.25) is 11.8 Å². The van der Waals surface area contributed by atoms with Crippen LogP contribution in [0.1, 0.15) is 22.6 Å². The molecule has 35 heavy (non-hydrogen) atoms.